The van der Waals surface area contributed by atoms with Crippen LogP contribution in [0.25, 0.3) is 22.3 Å². The zero-order valence-electron chi connectivity index (χ0n) is 18.7. The van der Waals surface area contributed by atoms with E-state index in [9.17, 15) is 9.59 Å². The Hall–Kier alpha value is -4.45. The first-order valence-electron chi connectivity index (χ1n) is 11.1. The van der Waals surface area contributed by atoms with E-state index < -0.39 is 0 Å². The largest absolute Gasteiger partial charge is 0.455 e. The number of carbonyl (C=O) groups excluding carboxylic acids is 1. The summed E-state index contributed by atoms with van der Waals surface area (Å²) >= 11 is 0. The van der Waals surface area contributed by atoms with E-state index in [0.717, 1.165) is 16.7 Å². The molecule has 1 amide bonds. The van der Waals surface area contributed by atoms with Crippen molar-refractivity contribution in [3.8, 4) is 11.3 Å². The maximum atomic E-state index is 13.2. The molecule has 0 saturated heterocycles. The van der Waals surface area contributed by atoms with Gasteiger partial charge < -0.3 is 9.73 Å². The Morgan fingerprint density at radius 3 is 2.47 bits per heavy atom. The first-order valence-corrected chi connectivity index (χ1v) is 11.1. The number of hydrogen-bond donors (Lipinski definition) is 1. The molecule has 0 radical (unpaired) electrons. The van der Waals surface area contributed by atoms with E-state index >= 15 is 0 Å². The highest BCUT2D eigenvalue weighted by Crippen LogP contribution is 2.27. The summed E-state index contributed by atoms with van der Waals surface area (Å²) in [5.41, 5.74) is 3.85. The SMILES string of the molecule is Cc1c(-c2ccccc2)oc2c(C(=O)NCc3ccccc3Cn3cccn3)cccc2c1=O. The standard InChI is InChI=1S/C28H23N3O3/c1-19-25(32)23-13-7-14-24(27(23)34-26(19)20-9-3-2-4-10-20)28(33)29-17-21-11-5-6-12-22(21)18-31-16-8-15-30-31/h2-16H,17-18H2,1H3,(H,29,33). The predicted molar refractivity (Wildman–Crippen MR) is 132 cm³/mol. The van der Waals surface area contributed by atoms with Gasteiger partial charge in [0.25, 0.3) is 5.91 Å². The number of hydrogen-bond acceptors (Lipinski definition) is 4. The number of amides is 1. The van der Waals surface area contributed by atoms with Crippen molar-refractivity contribution in [2.75, 3.05) is 0 Å². The van der Waals surface area contributed by atoms with Gasteiger partial charge in [-0.1, -0.05) is 60.7 Å². The van der Waals surface area contributed by atoms with Gasteiger partial charge in [-0.15, -0.1) is 0 Å². The molecule has 0 bridgehead atoms. The first-order chi connectivity index (χ1) is 16.6. The minimum absolute atomic E-state index is 0.140. The molecule has 6 nitrogen and oxygen atoms in total. The zero-order valence-corrected chi connectivity index (χ0v) is 18.7. The minimum Gasteiger partial charge on any atom is -0.455 e. The van der Waals surface area contributed by atoms with Crippen LogP contribution >= 0.6 is 0 Å². The molecule has 0 unspecified atom stereocenters. The quantitative estimate of drug-likeness (QED) is 0.398. The lowest BCUT2D eigenvalue weighted by molar-refractivity contribution is 0.0951. The molecule has 0 saturated carbocycles. The predicted octanol–water partition coefficient (Wildman–Crippen LogP) is 4.94. The highest BCUT2D eigenvalue weighted by molar-refractivity contribution is 6.05. The summed E-state index contributed by atoms with van der Waals surface area (Å²) in [5, 5.41) is 7.65. The van der Waals surface area contributed by atoms with Gasteiger partial charge in [-0.05, 0) is 36.2 Å². The summed E-state index contributed by atoms with van der Waals surface area (Å²) in [7, 11) is 0. The Morgan fingerprint density at radius 1 is 0.941 bits per heavy atom. The van der Waals surface area contributed by atoms with Gasteiger partial charge in [-0.3, -0.25) is 14.3 Å². The second kappa shape index (κ2) is 9.19. The van der Waals surface area contributed by atoms with Gasteiger partial charge in [0.15, 0.2) is 11.0 Å². The number of benzene rings is 3. The van der Waals surface area contributed by atoms with Gasteiger partial charge in [-0.2, -0.15) is 5.10 Å². The van der Waals surface area contributed by atoms with Crippen LogP contribution in [0.5, 0.6) is 0 Å². The Labute approximate surface area is 196 Å². The maximum Gasteiger partial charge on any atom is 0.255 e. The molecule has 5 aromatic rings. The Morgan fingerprint density at radius 2 is 1.71 bits per heavy atom. The molecule has 1 N–H and O–H groups in total. The van der Waals surface area contributed by atoms with Crippen LogP contribution in [-0.2, 0) is 13.1 Å². The van der Waals surface area contributed by atoms with E-state index in [1.807, 2.05) is 71.5 Å². The van der Waals surface area contributed by atoms with Crippen LogP contribution in [0.15, 0.2) is 100 Å². The lowest BCUT2D eigenvalue weighted by Crippen LogP contribution is -2.24. The van der Waals surface area contributed by atoms with E-state index in [-0.39, 0.29) is 11.3 Å². The summed E-state index contributed by atoms with van der Waals surface area (Å²) in [5.74, 6) is 0.174. The molecule has 168 valence electrons. The average Bonchev–Trinajstić information content (AvgIpc) is 3.39. The molecular weight excluding hydrogens is 426 g/mol. The molecule has 34 heavy (non-hydrogen) atoms. The number of rotatable bonds is 6. The molecule has 0 aliphatic heterocycles. The van der Waals surface area contributed by atoms with E-state index in [0.29, 0.717) is 40.9 Å². The van der Waals surface area contributed by atoms with Crippen molar-refractivity contribution in [1.82, 2.24) is 15.1 Å². The third-order valence-electron chi connectivity index (χ3n) is 5.87. The van der Waals surface area contributed by atoms with Crippen molar-refractivity contribution in [3.63, 3.8) is 0 Å². The van der Waals surface area contributed by atoms with Crippen molar-refractivity contribution in [3.05, 3.63) is 124 Å². The molecule has 6 heteroatoms. The van der Waals surface area contributed by atoms with E-state index in [1.165, 1.54) is 0 Å². The summed E-state index contributed by atoms with van der Waals surface area (Å²) in [6.45, 7) is 2.70. The van der Waals surface area contributed by atoms with Crippen LogP contribution in [0.3, 0.4) is 0 Å². The van der Waals surface area contributed by atoms with Crippen LogP contribution in [0.4, 0.5) is 0 Å². The normalized spacial score (nSPS) is 11.0. The molecule has 3 aromatic carbocycles. The van der Waals surface area contributed by atoms with Crippen molar-refractivity contribution in [2.24, 2.45) is 0 Å². The number of nitrogens with zero attached hydrogens (tertiary/aromatic N) is 2. The second-order valence-corrected chi connectivity index (χ2v) is 8.09. The highest BCUT2D eigenvalue weighted by atomic mass is 16.3. The van der Waals surface area contributed by atoms with Gasteiger partial charge in [-0.25, -0.2) is 0 Å². The summed E-state index contributed by atoms with van der Waals surface area (Å²) in [6.07, 6.45) is 3.64. The molecule has 0 spiro atoms. The van der Waals surface area contributed by atoms with Crippen LogP contribution in [0, 0.1) is 6.92 Å². The fourth-order valence-electron chi connectivity index (χ4n) is 4.08. The third-order valence-corrected chi connectivity index (χ3v) is 5.87. The monoisotopic (exact) mass is 449 g/mol. The van der Waals surface area contributed by atoms with Crippen molar-refractivity contribution < 1.29 is 9.21 Å². The van der Waals surface area contributed by atoms with Gasteiger partial charge in [0.05, 0.1) is 17.5 Å². The number of nitrogens with one attached hydrogen (secondary N) is 1. The topological polar surface area (TPSA) is 77.1 Å². The average molecular weight is 450 g/mol. The van der Waals surface area contributed by atoms with Gasteiger partial charge in [0.1, 0.15) is 5.76 Å². The summed E-state index contributed by atoms with van der Waals surface area (Å²) in [6, 6.07) is 24.3. The lowest BCUT2D eigenvalue weighted by Gasteiger charge is -2.13. The van der Waals surface area contributed by atoms with Gasteiger partial charge >= 0.3 is 0 Å². The summed E-state index contributed by atoms with van der Waals surface area (Å²) < 4.78 is 8.03. The Bertz CT molecular complexity index is 1520. The summed E-state index contributed by atoms with van der Waals surface area (Å²) in [4.78, 5) is 26.3. The second-order valence-electron chi connectivity index (χ2n) is 8.09. The molecule has 0 atom stereocenters. The first kappa shape index (κ1) is 21.4. The van der Waals surface area contributed by atoms with E-state index in [1.54, 1.807) is 31.3 Å². The van der Waals surface area contributed by atoms with Crippen LogP contribution < -0.4 is 10.7 Å². The fourth-order valence-corrected chi connectivity index (χ4v) is 4.08. The third kappa shape index (κ3) is 4.13. The fraction of sp³-hybridized carbons (Fsp3) is 0.107. The number of fused-ring (bicyclic) bond motifs is 1. The van der Waals surface area contributed by atoms with E-state index in [4.69, 9.17) is 4.42 Å². The number of para-hydroxylation sites is 1. The zero-order chi connectivity index (χ0) is 23.5. The number of aromatic nitrogens is 2. The van der Waals surface area contributed by atoms with E-state index in [2.05, 4.69) is 10.4 Å². The minimum atomic E-state index is -0.300. The molecule has 2 heterocycles. The Balaban J connectivity index is 1.47. The molecule has 5 rings (SSSR count). The van der Waals surface area contributed by atoms with Crippen LogP contribution in [-0.4, -0.2) is 15.7 Å². The smallest absolute Gasteiger partial charge is 0.255 e. The molecular formula is C28H23N3O3. The van der Waals surface area contributed by atoms with Gasteiger partial charge in [0, 0.05) is 30.1 Å². The van der Waals surface area contributed by atoms with Crippen molar-refractivity contribution in [2.45, 2.75) is 20.0 Å². The maximum absolute atomic E-state index is 13.2. The van der Waals surface area contributed by atoms with Crippen molar-refractivity contribution >= 4 is 16.9 Å². The molecule has 0 fully saturated rings. The van der Waals surface area contributed by atoms with Crippen LogP contribution in [0.1, 0.15) is 27.0 Å². The molecule has 2 aromatic heterocycles. The Kier molecular flexibility index (Phi) is 5.79. The molecule has 0 aliphatic rings. The van der Waals surface area contributed by atoms with Crippen LogP contribution in [0.2, 0.25) is 0 Å². The van der Waals surface area contributed by atoms with Gasteiger partial charge in [0.2, 0.25) is 0 Å². The van der Waals surface area contributed by atoms with Crippen molar-refractivity contribution in [1.29, 1.82) is 0 Å². The lowest BCUT2D eigenvalue weighted by atomic mass is 10.0. The number of carbonyl (C=O) groups is 1. The highest BCUT2D eigenvalue weighted by Gasteiger charge is 2.18. The molecule has 0 aliphatic carbocycles.